The average molecular weight is 561 g/mol. The van der Waals surface area contributed by atoms with Gasteiger partial charge in [0.05, 0.1) is 6.04 Å². The van der Waals surface area contributed by atoms with Gasteiger partial charge in [0.2, 0.25) is 23.6 Å². The second-order valence-corrected chi connectivity index (χ2v) is 11.2. The van der Waals surface area contributed by atoms with Crippen LogP contribution in [-0.2, 0) is 32.0 Å². The molecule has 4 amide bonds. The Morgan fingerprint density at radius 2 is 1.68 bits per heavy atom. The number of nitrogens with two attached hydrogens (primary N) is 2. The predicted octanol–water partition coefficient (Wildman–Crippen LogP) is 1.77. The van der Waals surface area contributed by atoms with Gasteiger partial charge in [-0.15, -0.1) is 0 Å². The number of nitrogens with one attached hydrogen (secondary N) is 3. The number of likely N-dealkylation sites (tertiary alicyclic amines) is 1. The zero-order valence-electron chi connectivity index (χ0n) is 23.6. The van der Waals surface area contributed by atoms with E-state index in [1.165, 1.54) is 4.90 Å². The van der Waals surface area contributed by atoms with E-state index in [2.05, 4.69) is 15.6 Å². The summed E-state index contributed by atoms with van der Waals surface area (Å²) in [5, 5.41) is 6.55. The first-order valence-corrected chi connectivity index (χ1v) is 14.2. The molecule has 1 aromatic heterocycles. The maximum Gasteiger partial charge on any atom is 0.243 e. The lowest BCUT2D eigenvalue weighted by Gasteiger charge is -2.29. The number of hydrogen-bond acceptors (Lipinski definition) is 5. The summed E-state index contributed by atoms with van der Waals surface area (Å²) >= 11 is 0. The number of carbonyl (C=O) groups excluding carboxylic acids is 4. The SMILES string of the molecule is CC(C)C[C@H](NC(=O)[C@H](Cc1c[nH]c2ccccc12)NC(=O)[C@@H]1CCCN1C(=O)[C@@H](N)Cc1ccccc1)C(N)=O. The van der Waals surface area contributed by atoms with Crippen LogP contribution < -0.4 is 22.1 Å². The second kappa shape index (κ2) is 13.5. The van der Waals surface area contributed by atoms with Gasteiger partial charge in [-0.3, -0.25) is 19.2 Å². The minimum atomic E-state index is -0.994. The number of nitrogens with zero attached hydrogens (tertiary/aromatic N) is 1. The van der Waals surface area contributed by atoms with E-state index in [4.69, 9.17) is 11.5 Å². The summed E-state index contributed by atoms with van der Waals surface area (Å²) in [6, 6.07) is 13.8. The zero-order valence-corrected chi connectivity index (χ0v) is 23.6. The molecule has 0 aliphatic carbocycles. The molecular weight excluding hydrogens is 520 g/mol. The molecule has 0 bridgehead atoms. The number of amides is 4. The largest absolute Gasteiger partial charge is 0.368 e. The first-order chi connectivity index (χ1) is 19.6. The molecule has 0 saturated carbocycles. The van der Waals surface area contributed by atoms with E-state index in [1.54, 1.807) is 0 Å². The first-order valence-electron chi connectivity index (χ1n) is 14.2. The van der Waals surface area contributed by atoms with Gasteiger partial charge in [0.1, 0.15) is 18.1 Å². The monoisotopic (exact) mass is 560 g/mol. The van der Waals surface area contributed by atoms with Gasteiger partial charge >= 0.3 is 0 Å². The predicted molar refractivity (Wildman–Crippen MR) is 157 cm³/mol. The molecule has 7 N–H and O–H groups in total. The quantitative estimate of drug-likeness (QED) is 0.228. The summed E-state index contributed by atoms with van der Waals surface area (Å²) in [6.45, 7) is 4.28. The molecule has 4 rings (SSSR count). The number of carbonyl (C=O) groups is 4. The van der Waals surface area contributed by atoms with E-state index in [9.17, 15) is 19.2 Å². The minimum Gasteiger partial charge on any atom is -0.368 e. The number of hydrogen-bond donors (Lipinski definition) is 5. The highest BCUT2D eigenvalue weighted by atomic mass is 16.2. The van der Waals surface area contributed by atoms with Crippen LogP contribution in [0.1, 0.15) is 44.2 Å². The van der Waals surface area contributed by atoms with Crippen molar-refractivity contribution in [1.29, 1.82) is 0 Å². The van der Waals surface area contributed by atoms with Crippen molar-refractivity contribution in [3.63, 3.8) is 0 Å². The third kappa shape index (κ3) is 7.52. The molecule has 0 radical (unpaired) electrons. The van der Waals surface area contributed by atoms with Crippen molar-refractivity contribution in [3.8, 4) is 0 Å². The number of rotatable bonds is 12. The standard InChI is InChI=1S/C31H40N6O4/c1-19(2)15-25(28(33)38)35-29(39)26(17-21-18-34-24-12-7-6-11-22(21)24)36-30(40)27-13-8-14-37(27)31(41)23(32)16-20-9-4-3-5-10-20/h3-7,9-12,18-19,23,25-27,34H,8,13-17,32H2,1-2H3,(H2,33,38)(H,35,39)(H,36,40)/t23-,25-,26-,27-/m0/s1. The van der Waals surface area contributed by atoms with Crippen LogP contribution in [0.4, 0.5) is 0 Å². The second-order valence-electron chi connectivity index (χ2n) is 11.2. The molecule has 1 aliphatic heterocycles. The molecule has 1 fully saturated rings. The van der Waals surface area contributed by atoms with Crippen molar-refractivity contribution in [1.82, 2.24) is 20.5 Å². The van der Waals surface area contributed by atoms with Crippen molar-refractivity contribution in [3.05, 3.63) is 71.9 Å². The van der Waals surface area contributed by atoms with E-state index >= 15 is 0 Å². The molecule has 10 nitrogen and oxygen atoms in total. The summed E-state index contributed by atoms with van der Waals surface area (Å²) in [6.07, 6.45) is 3.85. The maximum absolute atomic E-state index is 13.6. The Morgan fingerprint density at radius 3 is 2.39 bits per heavy atom. The number of aromatic amines is 1. The molecule has 218 valence electrons. The van der Waals surface area contributed by atoms with E-state index in [0.717, 1.165) is 22.0 Å². The lowest BCUT2D eigenvalue weighted by molar-refractivity contribution is -0.140. The fourth-order valence-corrected chi connectivity index (χ4v) is 5.46. The highest BCUT2D eigenvalue weighted by Gasteiger charge is 2.38. The molecule has 4 atom stereocenters. The van der Waals surface area contributed by atoms with E-state index in [-0.39, 0.29) is 18.2 Å². The molecule has 2 heterocycles. The number of primary amides is 1. The average Bonchev–Trinajstić information content (AvgIpc) is 3.60. The summed E-state index contributed by atoms with van der Waals surface area (Å²) in [4.78, 5) is 57.3. The Morgan fingerprint density at radius 1 is 0.976 bits per heavy atom. The van der Waals surface area contributed by atoms with Gasteiger partial charge in [0.15, 0.2) is 0 Å². The summed E-state index contributed by atoms with van der Waals surface area (Å²) < 4.78 is 0. The van der Waals surface area contributed by atoms with Crippen LogP contribution in [0.5, 0.6) is 0 Å². The summed E-state index contributed by atoms with van der Waals surface area (Å²) in [5.74, 6) is -1.75. The van der Waals surface area contributed by atoms with Crippen LogP contribution in [0.2, 0.25) is 0 Å². The van der Waals surface area contributed by atoms with Crippen molar-refractivity contribution < 1.29 is 19.2 Å². The Balaban J connectivity index is 1.52. The first kappa shape index (κ1) is 29.8. The summed E-state index contributed by atoms with van der Waals surface area (Å²) in [7, 11) is 0. The van der Waals surface area contributed by atoms with E-state index < -0.39 is 41.9 Å². The summed E-state index contributed by atoms with van der Waals surface area (Å²) in [5.41, 5.74) is 14.5. The van der Waals surface area contributed by atoms with E-state index in [1.807, 2.05) is 74.6 Å². The van der Waals surface area contributed by atoms with Crippen LogP contribution >= 0.6 is 0 Å². The fraction of sp³-hybridized carbons (Fsp3) is 0.419. The molecule has 0 spiro atoms. The molecule has 10 heteroatoms. The van der Waals surface area contributed by atoms with Crippen LogP contribution in [0, 0.1) is 5.92 Å². The van der Waals surface area contributed by atoms with Gasteiger partial charge in [0.25, 0.3) is 0 Å². The zero-order chi connectivity index (χ0) is 29.5. The molecule has 2 aromatic carbocycles. The number of aromatic nitrogens is 1. The molecule has 0 unspecified atom stereocenters. The van der Waals surface area contributed by atoms with Crippen LogP contribution in [0.25, 0.3) is 10.9 Å². The van der Waals surface area contributed by atoms with Gasteiger partial charge in [-0.05, 0) is 48.8 Å². The normalized spacial score (nSPS) is 17.3. The Hall–Kier alpha value is -4.18. The highest BCUT2D eigenvalue weighted by Crippen LogP contribution is 2.22. The van der Waals surface area contributed by atoms with Crippen molar-refractivity contribution in [2.24, 2.45) is 17.4 Å². The highest BCUT2D eigenvalue weighted by molar-refractivity contribution is 5.95. The number of H-pyrrole nitrogens is 1. The van der Waals surface area contributed by atoms with Crippen LogP contribution in [0.3, 0.4) is 0 Å². The topological polar surface area (TPSA) is 163 Å². The van der Waals surface area contributed by atoms with Crippen LogP contribution in [0.15, 0.2) is 60.8 Å². The molecule has 41 heavy (non-hydrogen) atoms. The van der Waals surface area contributed by atoms with Gasteiger partial charge in [-0.25, -0.2) is 0 Å². The Labute approximate surface area is 240 Å². The van der Waals surface area contributed by atoms with E-state index in [0.29, 0.717) is 32.2 Å². The number of benzene rings is 2. The molecule has 1 saturated heterocycles. The van der Waals surface area contributed by atoms with Gasteiger partial charge in [-0.1, -0.05) is 62.4 Å². The Kier molecular flexibility index (Phi) is 9.78. The number of fused-ring (bicyclic) bond motifs is 1. The third-order valence-corrected chi connectivity index (χ3v) is 7.55. The Bertz CT molecular complexity index is 1370. The lowest BCUT2D eigenvalue weighted by atomic mass is 10.0. The van der Waals surface area contributed by atoms with Crippen molar-refractivity contribution in [2.75, 3.05) is 6.54 Å². The fourth-order valence-electron chi connectivity index (χ4n) is 5.46. The molecular formula is C31H40N6O4. The van der Waals surface area contributed by atoms with Gasteiger partial charge in [-0.2, -0.15) is 0 Å². The minimum absolute atomic E-state index is 0.118. The molecule has 1 aliphatic rings. The lowest BCUT2D eigenvalue weighted by Crippen LogP contribution is -2.57. The van der Waals surface area contributed by atoms with Crippen LogP contribution in [-0.4, -0.2) is 64.2 Å². The van der Waals surface area contributed by atoms with Gasteiger partial charge in [0, 0.05) is 30.1 Å². The van der Waals surface area contributed by atoms with Crippen molar-refractivity contribution >= 4 is 34.5 Å². The number of para-hydroxylation sites is 1. The van der Waals surface area contributed by atoms with Gasteiger partial charge < -0.3 is 32.0 Å². The third-order valence-electron chi connectivity index (χ3n) is 7.55. The molecule has 3 aromatic rings. The maximum atomic E-state index is 13.6. The van der Waals surface area contributed by atoms with Crippen molar-refractivity contribution in [2.45, 2.75) is 70.1 Å². The smallest absolute Gasteiger partial charge is 0.243 e.